The van der Waals surface area contributed by atoms with Gasteiger partial charge >= 0.3 is 13.9 Å². The monoisotopic (exact) mass is 531 g/mol. The number of benzene rings is 2. The van der Waals surface area contributed by atoms with Crippen LogP contribution in [0.3, 0.4) is 0 Å². The quantitative estimate of drug-likeness (QED) is 0.191. The number of nitrogens with one attached hydrogen (secondary N) is 1. The summed E-state index contributed by atoms with van der Waals surface area (Å²) in [6, 6.07) is 18.1. The van der Waals surface area contributed by atoms with E-state index in [1.54, 1.807) is 6.92 Å². The highest BCUT2D eigenvalue weighted by molar-refractivity contribution is 7.48. The Bertz CT molecular complexity index is 970. The Balaban J connectivity index is 1.54. The van der Waals surface area contributed by atoms with Crippen LogP contribution in [0.4, 0.5) is 4.79 Å². The molecule has 0 unspecified atom stereocenters. The molecule has 0 spiro atoms. The fraction of sp³-hybridized carbons (Fsp3) is 0.552. The van der Waals surface area contributed by atoms with Crippen LogP contribution < -0.4 is 5.32 Å². The van der Waals surface area contributed by atoms with E-state index >= 15 is 0 Å². The lowest BCUT2D eigenvalue weighted by Gasteiger charge is -2.39. The molecule has 2 aromatic carbocycles. The number of carbonyl (C=O) groups is 1. The van der Waals surface area contributed by atoms with Crippen molar-refractivity contribution < 1.29 is 27.7 Å². The largest absolute Gasteiger partial charge is 0.474 e. The number of carbonyl (C=O) groups excluding carboxylic acids is 1. The zero-order valence-corrected chi connectivity index (χ0v) is 23.2. The van der Waals surface area contributed by atoms with E-state index < -0.39 is 19.5 Å². The maximum atomic E-state index is 12.7. The first-order chi connectivity index (χ1) is 18.0. The smallest absolute Gasteiger partial charge is 0.445 e. The molecule has 1 aliphatic rings. The van der Waals surface area contributed by atoms with Crippen molar-refractivity contribution in [3.8, 4) is 0 Å². The molecule has 1 saturated heterocycles. The molecule has 1 amide bonds. The van der Waals surface area contributed by atoms with E-state index in [2.05, 4.69) is 36.5 Å². The average Bonchev–Trinajstić information content (AvgIpc) is 2.91. The van der Waals surface area contributed by atoms with Crippen LogP contribution in [0, 0.1) is 0 Å². The minimum Gasteiger partial charge on any atom is -0.445 e. The highest BCUT2D eigenvalue weighted by Gasteiger charge is 2.44. The van der Waals surface area contributed by atoms with Crippen LogP contribution in [0.15, 0.2) is 54.6 Å². The molecule has 204 valence electrons. The summed E-state index contributed by atoms with van der Waals surface area (Å²) >= 11 is 0. The predicted octanol–water partition coefficient (Wildman–Crippen LogP) is 7.38. The lowest BCUT2D eigenvalue weighted by molar-refractivity contribution is 0.00468. The first-order valence-corrected chi connectivity index (χ1v) is 15.0. The predicted molar refractivity (Wildman–Crippen MR) is 145 cm³/mol. The average molecular weight is 532 g/mol. The minimum atomic E-state index is -3.61. The van der Waals surface area contributed by atoms with Crippen molar-refractivity contribution in [3.05, 3.63) is 71.3 Å². The standard InChI is InChI=1S/C29H42NO6P/c1-3-5-6-7-8-10-13-25-16-18-26(19-17-25)20-21-29(23-35-37(32,34-4-2)36-24-29)30-28(31)33-22-27-14-11-9-12-15-27/h9,11-12,14-19H,3-8,10,13,20-24H2,1-2H3,(H,30,31). The van der Waals surface area contributed by atoms with Crippen molar-refractivity contribution >= 4 is 13.9 Å². The molecule has 0 radical (unpaired) electrons. The second-order valence-electron chi connectivity index (χ2n) is 9.71. The minimum absolute atomic E-state index is 0.0147. The molecule has 2 aromatic rings. The van der Waals surface area contributed by atoms with Crippen molar-refractivity contribution in [2.75, 3.05) is 19.8 Å². The number of alkyl carbamates (subject to hydrolysis) is 1. The van der Waals surface area contributed by atoms with Gasteiger partial charge in [-0.05, 0) is 49.3 Å². The number of hydrogen-bond acceptors (Lipinski definition) is 6. The van der Waals surface area contributed by atoms with E-state index in [9.17, 15) is 9.36 Å². The lowest BCUT2D eigenvalue weighted by atomic mass is 9.92. The molecule has 0 bridgehead atoms. The molecule has 37 heavy (non-hydrogen) atoms. The van der Waals surface area contributed by atoms with E-state index in [1.807, 2.05) is 30.3 Å². The third-order valence-corrected chi connectivity index (χ3v) is 8.06. The topological polar surface area (TPSA) is 83.1 Å². The summed E-state index contributed by atoms with van der Waals surface area (Å²) < 4.78 is 34.2. The Morgan fingerprint density at radius 1 is 0.865 bits per heavy atom. The molecule has 1 N–H and O–H groups in total. The van der Waals surface area contributed by atoms with Crippen LogP contribution in [0.25, 0.3) is 0 Å². The molecular weight excluding hydrogens is 489 g/mol. The zero-order chi connectivity index (χ0) is 26.4. The van der Waals surface area contributed by atoms with Crippen LogP contribution >= 0.6 is 7.82 Å². The van der Waals surface area contributed by atoms with Gasteiger partial charge in [0.1, 0.15) is 6.61 Å². The molecule has 1 heterocycles. The highest BCUT2D eigenvalue weighted by atomic mass is 31.2. The third-order valence-electron chi connectivity index (χ3n) is 6.60. The normalized spacial score (nSPS) is 21.5. The van der Waals surface area contributed by atoms with Gasteiger partial charge in [0.25, 0.3) is 0 Å². The summed E-state index contributed by atoms with van der Waals surface area (Å²) in [4.78, 5) is 12.7. The summed E-state index contributed by atoms with van der Waals surface area (Å²) in [5, 5.41) is 2.93. The number of amides is 1. The Kier molecular flexibility index (Phi) is 12.1. The molecule has 8 heteroatoms. The highest BCUT2D eigenvalue weighted by Crippen LogP contribution is 2.53. The van der Waals surface area contributed by atoms with Crippen molar-refractivity contribution in [2.45, 2.75) is 83.8 Å². The van der Waals surface area contributed by atoms with Crippen molar-refractivity contribution in [1.29, 1.82) is 0 Å². The Hall–Kier alpha value is -2.18. The van der Waals surface area contributed by atoms with Crippen LogP contribution in [-0.2, 0) is 42.3 Å². The zero-order valence-electron chi connectivity index (χ0n) is 22.3. The Labute approximate surface area is 221 Å². The summed E-state index contributed by atoms with van der Waals surface area (Å²) in [5.41, 5.74) is 2.52. The third kappa shape index (κ3) is 10.2. The van der Waals surface area contributed by atoms with Gasteiger partial charge in [-0.25, -0.2) is 9.36 Å². The van der Waals surface area contributed by atoms with Crippen molar-refractivity contribution in [3.63, 3.8) is 0 Å². The van der Waals surface area contributed by atoms with E-state index in [4.69, 9.17) is 18.3 Å². The molecule has 1 fully saturated rings. The number of phosphoric acid groups is 1. The summed E-state index contributed by atoms with van der Waals surface area (Å²) in [6.45, 7) is 4.36. The fourth-order valence-corrected chi connectivity index (χ4v) is 5.69. The van der Waals surface area contributed by atoms with E-state index in [-0.39, 0.29) is 26.4 Å². The SMILES string of the molecule is CCCCCCCCc1ccc(CCC2(NC(=O)OCc3ccccc3)COP(=O)(OCC)OC2)cc1. The molecule has 0 atom stereocenters. The Morgan fingerprint density at radius 2 is 1.49 bits per heavy atom. The van der Waals surface area contributed by atoms with Gasteiger partial charge in [-0.3, -0.25) is 13.6 Å². The van der Waals surface area contributed by atoms with Gasteiger partial charge in [0.05, 0.1) is 25.4 Å². The van der Waals surface area contributed by atoms with Gasteiger partial charge < -0.3 is 10.1 Å². The van der Waals surface area contributed by atoms with Gasteiger partial charge in [-0.15, -0.1) is 0 Å². The summed E-state index contributed by atoms with van der Waals surface area (Å²) in [5.74, 6) is 0. The first-order valence-electron chi connectivity index (χ1n) is 13.6. The Morgan fingerprint density at radius 3 is 2.14 bits per heavy atom. The van der Waals surface area contributed by atoms with Crippen LogP contribution in [0.2, 0.25) is 0 Å². The molecule has 0 aliphatic carbocycles. The second-order valence-corrected chi connectivity index (χ2v) is 11.4. The first kappa shape index (κ1) is 29.4. The van der Waals surface area contributed by atoms with Crippen LogP contribution in [0.5, 0.6) is 0 Å². The number of rotatable bonds is 15. The number of aryl methyl sites for hydroxylation is 2. The fourth-order valence-electron chi connectivity index (χ4n) is 4.34. The summed E-state index contributed by atoms with van der Waals surface area (Å²) in [6.07, 6.45) is 9.51. The molecular formula is C29H42NO6P. The van der Waals surface area contributed by atoms with Crippen molar-refractivity contribution in [1.82, 2.24) is 5.32 Å². The van der Waals surface area contributed by atoms with Gasteiger partial charge in [0, 0.05) is 0 Å². The maximum absolute atomic E-state index is 12.7. The van der Waals surface area contributed by atoms with E-state index in [0.29, 0.717) is 12.8 Å². The molecule has 1 aliphatic heterocycles. The number of unbranched alkanes of at least 4 members (excludes halogenated alkanes) is 5. The van der Waals surface area contributed by atoms with E-state index in [1.165, 1.54) is 44.1 Å². The number of phosphoric ester groups is 1. The molecule has 3 rings (SSSR count). The second kappa shape index (κ2) is 15.3. The number of ether oxygens (including phenoxy) is 1. The van der Waals surface area contributed by atoms with Crippen LogP contribution in [-0.4, -0.2) is 31.5 Å². The summed E-state index contributed by atoms with van der Waals surface area (Å²) in [7, 11) is -3.61. The van der Waals surface area contributed by atoms with Gasteiger partial charge in [0.15, 0.2) is 0 Å². The van der Waals surface area contributed by atoms with E-state index in [0.717, 1.165) is 17.5 Å². The molecule has 0 saturated carbocycles. The van der Waals surface area contributed by atoms with Gasteiger partial charge in [-0.1, -0.05) is 93.6 Å². The lowest BCUT2D eigenvalue weighted by Crippen LogP contribution is -2.57. The molecule has 7 nitrogen and oxygen atoms in total. The van der Waals surface area contributed by atoms with Crippen LogP contribution in [0.1, 0.15) is 75.5 Å². The van der Waals surface area contributed by atoms with Crippen molar-refractivity contribution in [2.24, 2.45) is 0 Å². The van der Waals surface area contributed by atoms with Gasteiger partial charge in [-0.2, -0.15) is 0 Å². The molecule has 0 aromatic heterocycles. The van der Waals surface area contributed by atoms with Gasteiger partial charge in [0.2, 0.25) is 0 Å². The number of hydrogen-bond donors (Lipinski definition) is 1. The maximum Gasteiger partial charge on any atom is 0.474 e.